The maximum absolute atomic E-state index is 13.6. The number of rotatable bonds is 10. The number of piperidine rings is 1. The molecule has 0 atom stereocenters. The minimum atomic E-state index is -0.531. The molecule has 3 amide bonds. The predicted molar refractivity (Wildman–Crippen MR) is 158 cm³/mol. The summed E-state index contributed by atoms with van der Waals surface area (Å²) in [6.45, 7) is 8.59. The molecule has 0 radical (unpaired) electrons. The Balaban J connectivity index is 1.16. The lowest BCUT2D eigenvalue weighted by atomic mass is 10.0. The molecule has 1 aliphatic heterocycles. The molecule has 3 aliphatic rings. The van der Waals surface area contributed by atoms with Crippen molar-refractivity contribution in [3.05, 3.63) is 47.8 Å². The SMILES string of the molecule is CN(CCOCC1CC1)C(=O)c1ccc(-c2ncc(C(=O)N(C3CC3)C3CCN(C(=O)OC(C)(C)C)CC3)cn2)cc1. The number of aromatic nitrogens is 2. The van der Waals surface area contributed by atoms with Gasteiger partial charge in [-0.05, 0) is 77.3 Å². The summed E-state index contributed by atoms with van der Waals surface area (Å²) in [4.78, 5) is 53.2. The molecule has 1 aromatic carbocycles. The van der Waals surface area contributed by atoms with Gasteiger partial charge in [0.15, 0.2) is 5.82 Å². The third-order valence-corrected chi connectivity index (χ3v) is 7.94. The summed E-state index contributed by atoms with van der Waals surface area (Å²) in [5, 5.41) is 0. The summed E-state index contributed by atoms with van der Waals surface area (Å²) >= 11 is 0. The zero-order chi connectivity index (χ0) is 29.9. The lowest BCUT2D eigenvalue weighted by Crippen LogP contribution is -2.50. The Morgan fingerprint density at radius 3 is 2.07 bits per heavy atom. The molecule has 226 valence electrons. The molecule has 10 nitrogen and oxygen atoms in total. The van der Waals surface area contributed by atoms with Crippen LogP contribution in [-0.2, 0) is 9.47 Å². The number of hydrogen-bond acceptors (Lipinski definition) is 7. The lowest BCUT2D eigenvalue weighted by molar-refractivity contribution is 0.0142. The van der Waals surface area contributed by atoms with Gasteiger partial charge in [0, 0.05) is 68.9 Å². The van der Waals surface area contributed by atoms with E-state index >= 15 is 0 Å². The van der Waals surface area contributed by atoms with Crippen molar-refractivity contribution in [2.75, 3.05) is 39.9 Å². The first-order valence-corrected chi connectivity index (χ1v) is 15.2. The van der Waals surface area contributed by atoms with Crippen LogP contribution in [-0.4, -0.2) is 100 Å². The molecule has 3 fully saturated rings. The third-order valence-electron chi connectivity index (χ3n) is 7.94. The molecule has 0 bridgehead atoms. The molecule has 0 N–H and O–H groups in total. The monoisotopic (exact) mass is 577 g/mol. The van der Waals surface area contributed by atoms with Crippen LogP contribution in [0.4, 0.5) is 4.79 Å². The Kier molecular flexibility index (Phi) is 9.11. The van der Waals surface area contributed by atoms with Crippen molar-refractivity contribution in [1.82, 2.24) is 24.7 Å². The minimum Gasteiger partial charge on any atom is -0.444 e. The fraction of sp³-hybridized carbons (Fsp3) is 0.594. The number of carbonyl (C=O) groups excluding carboxylic acids is 3. The summed E-state index contributed by atoms with van der Waals surface area (Å²) in [7, 11) is 1.78. The van der Waals surface area contributed by atoms with E-state index in [1.807, 2.05) is 37.8 Å². The minimum absolute atomic E-state index is 0.0597. The summed E-state index contributed by atoms with van der Waals surface area (Å²) < 4.78 is 11.2. The third kappa shape index (κ3) is 7.85. The average Bonchev–Trinajstić information content (AvgIpc) is 3.91. The van der Waals surface area contributed by atoms with Crippen molar-refractivity contribution in [2.45, 2.75) is 77.0 Å². The summed E-state index contributed by atoms with van der Waals surface area (Å²) in [6, 6.07) is 7.51. The van der Waals surface area contributed by atoms with Crippen molar-refractivity contribution >= 4 is 17.9 Å². The Bertz CT molecular complexity index is 1240. The Morgan fingerprint density at radius 1 is 0.881 bits per heavy atom. The number of hydrogen-bond donors (Lipinski definition) is 0. The van der Waals surface area contributed by atoms with Crippen molar-refractivity contribution in [3.63, 3.8) is 0 Å². The fourth-order valence-corrected chi connectivity index (χ4v) is 5.19. The Labute approximate surface area is 248 Å². The van der Waals surface area contributed by atoms with Crippen LogP contribution in [0.3, 0.4) is 0 Å². The van der Waals surface area contributed by atoms with Gasteiger partial charge in [-0.25, -0.2) is 14.8 Å². The number of ether oxygens (including phenoxy) is 2. The second kappa shape index (κ2) is 12.8. The van der Waals surface area contributed by atoms with Crippen LogP contribution in [0.15, 0.2) is 36.7 Å². The molecule has 2 aliphatic carbocycles. The van der Waals surface area contributed by atoms with E-state index in [1.54, 1.807) is 41.4 Å². The molecule has 0 unspecified atom stereocenters. The summed E-state index contributed by atoms with van der Waals surface area (Å²) in [6.07, 6.45) is 8.79. The molecule has 1 saturated heterocycles. The van der Waals surface area contributed by atoms with E-state index in [0.717, 1.165) is 25.0 Å². The van der Waals surface area contributed by atoms with Crippen LogP contribution in [0.25, 0.3) is 11.4 Å². The summed E-state index contributed by atoms with van der Waals surface area (Å²) in [5.74, 6) is 1.08. The molecule has 5 rings (SSSR count). The maximum Gasteiger partial charge on any atom is 0.410 e. The van der Waals surface area contributed by atoms with Gasteiger partial charge >= 0.3 is 6.09 Å². The molecule has 0 spiro atoms. The highest BCUT2D eigenvalue weighted by Gasteiger charge is 2.40. The van der Waals surface area contributed by atoms with E-state index in [9.17, 15) is 14.4 Å². The van der Waals surface area contributed by atoms with E-state index in [2.05, 4.69) is 9.97 Å². The second-order valence-corrected chi connectivity index (χ2v) is 12.8. The standard InChI is InChI=1S/C32H43N5O5/c1-32(2,3)42-31(40)36-15-13-27(14-16-36)37(26-11-12-26)30(39)25-19-33-28(34-20-25)23-7-9-24(10-8-23)29(38)35(4)17-18-41-21-22-5-6-22/h7-10,19-20,22,26-27H,5-6,11-18,21H2,1-4H3. The molecule has 1 aromatic heterocycles. The van der Waals surface area contributed by atoms with Gasteiger partial charge in [-0.15, -0.1) is 0 Å². The van der Waals surface area contributed by atoms with Crippen molar-refractivity contribution in [3.8, 4) is 11.4 Å². The fourth-order valence-electron chi connectivity index (χ4n) is 5.19. The van der Waals surface area contributed by atoms with Gasteiger partial charge in [-0.2, -0.15) is 0 Å². The van der Waals surface area contributed by atoms with Gasteiger partial charge in [-0.1, -0.05) is 12.1 Å². The largest absolute Gasteiger partial charge is 0.444 e. The van der Waals surface area contributed by atoms with Crippen LogP contribution >= 0.6 is 0 Å². The highest BCUT2D eigenvalue weighted by atomic mass is 16.6. The quantitative estimate of drug-likeness (QED) is 0.379. The number of likely N-dealkylation sites (tertiary alicyclic amines) is 1. The van der Waals surface area contributed by atoms with Crippen molar-refractivity contribution in [1.29, 1.82) is 0 Å². The van der Waals surface area contributed by atoms with E-state index < -0.39 is 5.60 Å². The summed E-state index contributed by atoms with van der Waals surface area (Å²) in [5.41, 5.74) is 1.29. The highest BCUT2D eigenvalue weighted by Crippen LogP contribution is 2.33. The van der Waals surface area contributed by atoms with E-state index in [0.29, 0.717) is 62.0 Å². The highest BCUT2D eigenvalue weighted by molar-refractivity contribution is 5.95. The molecular formula is C32H43N5O5. The Morgan fingerprint density at radius 2 is 1.50 bits per heavy atom. The average molecular weight is 578 g/mol. The first kappa shape index (κ1) is 29.9. The zero-order valence-electron chi connectivity index (χ0n) is 25.3. The van der Waals surface area contributed by atoms with E-state index in [4.69, 9.17) is 9.47 Å². The second-order valence-electron chi connectivity index (χ2n) is 12.8. The van der Waals surface area contributed by atoms with Crippen LogP contribution < -0.4 is 0 Å². The first-order chi connectivity index (χ1) is 20.1. The number of carbonyl (C=O) groups is 3. The topological polar surface area (TPSA) is 105 Å². The molecule has 10 heteroatoms. The van der Waals surface area contributed by atoms with Crippen LogP contribution in [0.5, 0.6) is 0 Å². The molecule has 42 heavy (non-hydrogen) atoms. The lowest BCUT2D eigenvalue weighted by Gasteiger charge is -2.39. The zero-order valence-corrected chi connectivity index (χ0v) is 25.3. The molecule has 2 heterocycles. The van der Waals surface area contributed by atoms with Crippen LogP contribution in [0.2, 0.25) is 0 Å². The number of amides is 3. The van der Waals surface area contributed by atoms with Crippen LogP contribution in [0, 0.1) is 5.92 Å². The molecular weight excluding hydrogens is 534 g/mol. The van der Waals surface area contributed by atoms with Gasteiger partial charge < -0.3 is 24.2 Å². The first-order valence-electron chi connectivity index (χ1n) is 15.2. The number of likely N-dealkylation sites (N-methyl/N-ethyl adjacent to an activating group) is 1. The van der Waals surface area contributed by atoms with E-state index in [-0.39, 0.29) is 30.0 Å². The predicted octanol–water partition coefficient (Wildman–Crippen LogP) is 4.65. The van der Waals surface area contributed by atoms with Crippen molar-refractivity contribution < 1.29 is 23.9 Å². The van der Waals surface area contributed by atoms with Crippen LogP contribution in [0.1, 0.15) is 80.0 Å². The van der Waals surface area contributed by atoms with Gasteiger partial charge in [0.2, 0.25) is 0 Å². The number of benzene rings is 1. The van der Waals surface area contributed by atoms with Gasteiger partial charge in [0.1, 0.15) is 5.60 Å². The normalized spacial score (nSPS) is 17.6. The molecule has 2 saturated carbocycles. The van der Waals surface area contributed by atoms with Gasteiger partial charge in [-0.3, -0.25) is 9.59 Å². The van der Waals surface area contributed by atoms with E-state index in [1.165, 1.54) is 12.8 Å². The van der Waals surface area contributed by atoms with Gasteiger partial charge in [0.25, 0.3) is 11.8 Å². The van der Waals surface area contributed by atoms with Crippen molar-refractivity contribution in [2.24, 2.45) is 5.92 Å². The number of nitrogens with zero attached hydrogens (tertiary/aromatic N) is 5. The smallest absolute Gasteiger partial charge is 0.410 e. The Hall–Kier alpha value is -3.53. The van der Waals surface area contributed by atoms with Gasteiger partial charge in [0.05, 0.1) is 12.2 Å². The maximum atomic E-state index is 13.6. The molecule has 2 aromatic rings.